The Bertz CT molecular complexity index is 456. The summed E-state index contributed by atoms with van der Waals surface area (Å²) in [5.74, 6) is 0. The van der Waals surface area contributed by atoms with Gasteiger partial charge in [-0.2, -0.15) is 0 Å². The smallest absolute Gasteiger partial charge is 0.0462 e. The fourth-order valence-electron chi connectivity index (χ4n) is 2.61. The minimum Gasteiger partial charge on any atom is -0.312 e. The minimum atomic E-state index is 0.284. The van der Waals surface area contributed by atoms with Gasteiger partial charge in [-0.3, -0.25) is 4.90 Å². The largest absolute Gasteiger partial charge is 0.312 e. The highest BCUT2D eigenvalue weighted by Gasteiger charge is 2.28. The number of hydrogen-bond acceptors (Lipinski definition) is 2. The van der Waals surface area contributed by atoms with Gasteiger partial charge in [0.1, 0.15) is 0 Å². The van der Waals surface area contributed by atoms with Gasteiger partial charge >= 0.3 is 0 Å². The number of benzene rings is 1. The summed E-state index contributed by atoms with van der Waals surface area (Å²) in [5, 5.41) is 4.53. The van der Waals surface area contributed by atoms with Crippen molar-refractivity contribution in [3.05, 3.63) is 33.3 Å². The molecule has 0 radical (unpaired) electrons. The van der Waals surface area contributed by atoms with Crippen LogP contribution in [0.3, 0.4) is 0 Å². The summed E-state index contributed by atoms with van der Waals surface area (Å²) < 4.78 is 1.04. The van der Waals surface area contributed by atoms with Crippen molar-refractivity contribution in [1.82, 2.24) is 10.2 Å². The number of nitrogens with zero attached hydrogens (tertiary/aromatic N) is 1. The molecule has 1 atom stereocenters. The lowest BCUT2D eigenvalue weighted by atomic mass is 9.86. The Labute approximate surface area is 136 Å². The molecule has 1 fully saturated rings. The van der Waals surface area contributed by atoms with Crippen LogP contribution >= 0.6 is 27.5 Å². The van der Waals surface area contributed by atoms with Crippen LogP contribution in [0.1, 0.15) is 32.8 Å². The van der Waals surface area contributed by atoms with Crippen molar-refractivity contribution >= 4 is 27.5 Å². The third kappa shape index (κ3) is 4.45. The summed E-state index contributed by atoms with van der Waals surface area (Å²) in [6.45, 7) is 11.2. The van der Waals surface area contributed by atoms with Crippen molar-refractivity contribution in [3.8, 4) is 0 Å². The van der Waals surface area contributed by atoms with Crippen LogP contribution in [0.4, 0.5) is 0 Å². The molecule has 1 aliphatic heterocycles. The van der Waals surface area contributed by atoms with Gasteiger partial charge in [-0.15, -0.1) is 0 Å². The maximum absolute atomic E-state index is 6.34. The average molecular weight is 360 g/mol. The van der Waals surface area contributed by atoms with Crippen LogP contribution in [0.25, 0.3) is 0 Å². The molecule has 112 valence electrons. The lowest BCUT2D eigenvalue weighted by molar-refractivity contribution is 0.192. The Morgan fingerprint density at radius 3 is 2.80 bits per heavy atom. The van der Waals surface area contributed by atoms with E-state index in [-0.39, 0.29) is 5.41 Å². The average Bonchev–Trinajstić information content (AvgIpc) is 2.58. The second-order valence-electron chi connectivity index (χ2n) is 6.70. The lowest BCUT2D eigenvalue weighted by Crippen LogP contribution is -2.46. The number of nitrogens with one attached hydrogen (secondary N) is 1. The Balaban J connectivity index is 2.07. The summed E-state index contributed by atoms with van der Waals surface area (Å²) in [5.41, 5.74) is 1.50. The van der Waals surface area contributed by atoms with Gasteiger partial charge in [-0.25, -0.2) is 0 Å². The zero-order chi connectivity index (χ0) is 14.8. The molecule has 2 rings (SSSR count). The molecule has 0 aliphatic carbocycles. The predicted octanol–water partition coefficient (Wildman–Crippen LogP) is 4.31. The van der Waals surface area contributed by atoms with Crippen LogP contribution in [0, 0.1) is 5.41 Å². The molecular formula is C16H24BrClN2. The molecule has 0 saturated carbocycles. The zero-order valence-electron chi connectivity index (χ0n) is 12.5. The van der Waals surface area contributed by atoms with E-state index in [1.165, 1.54) is 12.0 Å². The SMILES string of the molecule is CC(C)(C)C1CN(Cc2ccc(Br)cc2Cl)CCCN1. The first-order chi connectivity index (χ1) is 9.36. The Morgan fingerprint density at radius 2 is 2.15 bits per heavy atom. The maximum Gasteiger partial charge on any atom is 0.0462 e. The molecule has 1 unspecified atom stereocenters. The highest BCUT2D eigenvalue weighted by molar-refractivity contribution is 9.10. The Morgan fingerprint density at radius 1 is 1.40 bits per heavy atom. The van der Waals surface area contributed by atoms with E-state index in [4.69, 9.17) is 11.6 Å². The van der Waals surface area contributed by atoms with Gasteiger partial charge in [0.15, 0.2) is 0 Å². The zero-order valence-corrected chi connectivity index (χ0v) is 14.9. The summed E-state index contributed by atoms with van der Waals surface area (Å²) in [6, 6.07) is 6.70. The highest BCUT2D eigenvalue weighted by atomic mass is 79.9. The van der Waals surface area contributed by atoms with Crippen LogP contribution in [0.5, 0.6) is 0 Å². The van der Waals surface area contributed by atoms with Crippen LogP contribution in [-0.2, 0) is 6.54 Å². The first-order valence-corrected chi connectivity index (χ1v) is 8.43. The van der Waals surface area contributed by atoms with E-state index in [9.17, 15) is 0 Å². The molecule has 0 spiro atoms. The maximum atomic E-state index is 6.34. The lowest BCUT2D eigenvalue weighted by Gasteiger charge is -2.33. The Hall–Kier alpha value is -0.0900. The van der Waals surface area contributed by atoms with Crippen LogP contribution in [0.15, 0.2) is 22.7 Å². The fraction of sp³-hybridized carbons (Fsp3) is 0.625. The van der Waals surface area contributed by atoms with Gasteiger partial charge in [-0.1, -0.05) is 54.4 Å². The molecular weight excluding hydrogens is 336 g/mol. The van der Waals surface area contributed by atoms with Gasteiger partial charge < -0.3 is 5.32 Å². The summed E-state index contributed by atoms with van der Waals surface area (Å²) in [4.78, 5) is 2.52. The van der Waals surface area contributed by atoms with Crippen molar-refractivity contribution in [2.75, 3.05) is 19.6 Å². The van der Waals surface area contributed by atoms with Gasteiger partial charge in [0.2, 0.25) is 0 Å². The number of halogens is 2. The third-order valence-corrected chi connectivity index (χ3v) is 4.78. The molecule has 1 aromatic carbocycles. The van der Waals surface area contributed by atoms with Crippen molar-refractivity contribution in [2.24, 2.45) is 5.41 Å². The van der Waals surface area contributed by atoms with Crippen molar-refractivity contribution in [2.45, 2.75) is 39.8 Å². The Kier molecular flexibility index (Phi) is 5.52. The van der Waals surface area contributed by atoms with Gasteiger partial charge in [0.25, 0.3) is 0 Å². The first-order valence-electron chi connectivity index (χ1n) is 7.26. The fourth-order valence-corrected chi connectivity index (χ4v) is 3.34. The van der Waals surface area contributed by atoms with E-state index < -0.39 is 0 Å². The molecule has 1 N–H and O–H groups in total. The third-order valence-electron chi connectivity index (χ3n) is 3.94. The quantitative estimate of drug-likeness (QED) is 0.846. The normalized spacial score (nSPS) is 21.8. The molecule has 1 aromatic rings. The van der Waals surface area contributed by atoms with Gasteiger partial charge in [0.05, 0.1) is 0 Å². The van der Waals surface area contributed by atoms with Crippen LogP contribution < -0.4 is 5.32 Å². The first kappa shape index (κ1) is 16.3. The molecule has 1 saturated heterocycles. The summed E-state index contributed by atoms with van der Waals surface area (Å²) in [7, 11) is 0. The van der Waals surface area contributed by atoms with Crippen LogP contribution in [-0.4, -0.2) is 30.6 Å². The van der Waals surface area contributed by atoms with E-state index in [2.05, 4.69) is 59.1 Å². The van der Waals surface area contributed by atoms with Crippen molar-refractivity contribution < 1.29 is 0 Å². The number of rotatable bonds is 2. The minimum absolute atomic E-state index is 0.284. The molecule has 0 amide bonds. The van der Waals surface area contributed by atoms with E-state index in [1.807, 2.05) is 6.07 Å². The van der Waals surface area contributed by atoms with Crippen molar-refractivity contribution in [1.29, 1.82) is 0 Å². The molecule has 2 nitrogen and oxygen atoms in total. The highest BCUT2D eigenvalue weighted by Crippen LogP contribution is 2.25. The molecule has 4 heteroatoms. The molecule has 20 heavy (non-hydrogen) atoms. The second kappa shape index (κ2) is 6.78. The van der Waals surface area contributed by atoms with E-state index in [0.29, 0.717) is 6.04 Å². The molecule has 1 aliphatic rings. The van der Waals surface area contributed by atoms with E-state index >= 15 is 0 Å². The van der Waals surface area contributed by atoms with Crippen LogP contribution in [0.2, 0.25) is 5.02 Å². The van der Waals surface area contributed by atoms with Gasteiger partial charge in [0, 0.05) is 28.6 Å². The predicted molar refractivity (Wildman–Crippen MR) is 90.3 cm³/mol. The molecule has 0 aromatic heterocycles. The monoisotopic (exact) mass is 358 g/mol. The summed E-state index contributed by atoms with van der Waals surface area (Å²) in [6.07, 6.45) is 1.20. The molecule has 0 bridgehead atoms. The molecule has 1 heterocycles. The van der Waals surface area contributed by atoms with Gasteiger partial charge in [-0.05, 0) is 42.6 Å². The second-order valence-corrected chi connectivity index (χ2v) is 8.02. The number of hydrogen-bond donors (Lipinski definition) is 1. The standard InChI is InChI=1S/C16H24BrClN2/c1-16(2,3)15-11-20(8-4-7-19-15)10-12-5-6-13(17)9-14(12)18/h5-6,9,15,19H,4,7-8,10-11H2,1-3H3. The topological polar surface area (TPSA) is 15.3 Å². The van der Waals surface area contributed by atoms with E-state index in [0.717, 1.165) is 35.7 Å². The summed E-state index contributed by atoms with van der Waals surface area (Å²) >= 11 is 9.81. The van der Waals surface area contributed by atoms with E-state index in [1.54, 1.807) is 0 Å². The van der Waals surface area contributed by atoms with Crippen molar-refractivity contribution in [3.63, 3.8) is 0 Å².